The molecular formula is C11H19N3O2S2. The van der Waals surface area contributed by atoms with Crippen LogP contribution in [-0.2, 0) is 15.3 Å². The average molecular weight is 289 g/mol. The summed E-state index contributed by atoms with van der Waals surface area (Å²) in [5.41, 5.74) is -0.0743. The molecule has 1 N–H and O–H groups in total. The number of sulfone groups is 1. The van der Waals surface area contributed by atoms with Crippen molar-refractivity contribution in [3.8, 4) is 0 Å². The van der Waals surface area contributed by atoms with E-state index in [1.165, 1.54) is 11.5 Å². The summed E-state index contributed by atoms with van der Waals surface area (Å²) in [6, 6.07) is -0.0236. The Morgan fingerprint density at radius 2 is 2.11 bits per heavy atom. The summed E-state index contributed by atoms with van der Waals surface area (Å²) in [6.07, 6.45) is 1.61. The maximum absolute atomic E-state index is 11.5. The van der Waals surface area contributed by atoms with E-state index in [4.69, 9.17) is 0 Å². The van der Waals surface area contributed by atoms with Crippen molar-refractivity contribution in [1.29, 1.82) is 0 Å². The number of rotatable bonds is 2. The van der Waals surface area contributed by atoms with Crippen LogP contribution in [0, 0.1) is 0 Å². The van der Waals surface area contributed by atoms with E-state index >= 15 is 0 Å². The first-order chi connectivity index (χ1) is 8.26. The van der Waals surface area contributed by atoms with Gasteiger partial charge in [0.05, 0.1) is 11.5 Å². The molecule has 0 aliphatic carbocycles. The lowest BCUT2D eigenvalue weighted by Crippen LogP contribution is -2.34. The third-order valence-corrected chi connectivity index (χ3v) is 5.35. The van der Waals surface area contributed by atoms with Gasteiger partial charge in [-0.25, -0.2) is 13.4 Å². The average Bonchev–Trinajstić information content (AvgIpc) is 2.63. The van der Waals surface area contributed by atoms with Gasteiger partial charge in [0.1, 0.15) is 5.82 Å². The van der Waals surface area contributed by atoms with Crippen molar-refractivity contribution in [2.24, 2.45) is 0 Å². The SMILES string of the molecule is CC(C)(C)c1nsc(NC2CCCS(=O)(=O)C2)n1. The molecule has 2 heterocycles. The van der Waals surface area contributed by atoms with Crippen molar-refractivity contribution >= 4 is 26.5 Å². The molecule has 102 valence electrons. The van der Waals surface area contributed by atoms with Gasteiger partial charge in [0.2, 0.25) is 5.13 Å². The molecule has 7 heteroatoms. The molecule has 0 saturated carbocycles. The second-order valence-corrected chi connectivity index (χ2v) is 8.75. The van der Waals surface area contributed by atoms with Crippen molar-refractivity contribution in [2.75, 3.05) is 16.8 Å². The normalized spacial score (nSPS) is 23.8. The molecule has 1 aromatic heterocycles. The Morgan fingerprint density at radius 3 is 2.67 bits per heavy atom. The summed E-state index contributed by atoms with van der Waals surface area (Å²) in [4.78, 5) is 4.42. The number of hydrogen-bond donors (Lipinski definition) is 1. The van der Waals surface area contributed by atoms with E-state index in [1.54, 1.807) is 0 Å². The predicted molar refractivity (Wildman–Crippen MR) is 73.9 cm³/mol. The number of anilines is 1. The maximum atomic E-state index is 11.5. The van der Waals surface area contributed by atoms with Crippen LogP contribution in [0.15, 0.2) is 0 Å². The zero-order valence-electron chi connectivity index (χ0n) is 10.9. The van der Waals surface area contributed by atoms with E-state index in [2.05, 4.69) is 35.4 Å². The zero-order chi connectivity index (χ0) is 13.4. The van der Waals surface area contributed by atoms with Gasteiger partial charge in [0, 0.05) is 23.0 Å². The van der Waals surface area contributed by atoms with E-state index in [9.17, 15) is 8.42 Å². The summed E-state index contributed by atoms with van der Waals surface area (Å²) in [7, 11) is -2.88. The van der Waals surface area contributed by atoms with Crippen molar-refractivity contribution in [2.45, 2.75) is 45.1 Å². The Kier molecular flexibility index (Phi) is 3.64. The molecule has 1 unspecified atom stereocenters. The number of aromatic nitrogens is 2. The molecule has 5 nitrogen and oxygen atoms in total. The first-order valence-electron chi connectivity index (χ1n) is 6.07. The highest BCUT2D eigenvalue weighted by atomic mass is 32.2. The first kappa shape index (κ1) is 13.7. The fourth-order valence-electron chi connectivity index (χ4n) is 1.90. The van der Waals surface area contributed by atoms with Crippen molar-refractivity contribution in [3.05, 3.63) is 5.82 Å². The minimum absolute atomic E-state index is 0.0236. The number of nitrogens with zero attached hydrogens (tertiary/aromatic N) is 2. The number of hydrogen-bond acceptors (Lipinski definition) is 6. The van der Waals surface area contributed by atoms with Gasteiger partial charge in [0.15, 0.2) is 9.84 Å². The van der Waals surface area contributed by atoms with E-state index in [1.807, 2.05) is 0 Å². The van der Waals surface area contributed by atoms with Crippen LogP contribution in [0.4, 0.5) is 5.13 Å². The largest absolute Gasteiger partial charge is 0.357 e. The first-order valence-corrected chi connectivity index (χ1v) is 8.67. The van der Waals surface area contributed by atoms with E-state index in [-0.39, 0.29) is 17.2 Å². The summed E-state index contributed by atoms with van der Waals surface area (Å²) in [5.74, 6) is 1.32. The van der Waals surface area contributed by atoms with Crippen LogP contribution in [-0.4, -0.2) is 35.3 Å². The molecule has 0 aromatic carbocycles. The van der Waals surface area contributed by atoms with Crippen LogP contribution in [0.2, 0.25) is 0 Å². The summed E-state index contributed by atoms with van der Waals surface area (Å²) < 4.78 is 27.4. The monoisotopic (exact) mass is 289 g/mol. The third-order valence-electron chi connectivity index (χ3n) is 2.89. The molecule has 1 aliphatic heterocycles. The van der Waals surface area contributed by atoms with Crippen molar-refractivity contribution < 1.29 is 8.42 Å². The second-order valence-electron chi connectivity index (χ2n) is 5.77. The Bertz CT molecular complexity index is 517. The van der Waals surface area contributed by atoms with Gasteiger partial charge >= 0.3 is 0 Å². The lowest BCUT2D eigenvalue weighted by atomic mass is 9.96. The molecule has 0 radical (unpaired) electrons. The van der Waals surface area contributed by atoms with E-state index in [0.717, 1.165) is 23.8 Å². The highest BCUT2D eigenvalue weighted by molar-refractivity contribution is 7.91. The van der Waals surface area contributed by atoms with Gasteiger partial charge in [-0.3, -0.25) is 0 Å². The predicted octanol–water partition coefficient (Wildman–Crippen LogP) is 1.82. The van der Waals surface area contributed by atoms with Gasteiger partial charge in [-0.05, 0) is 12.8 Å². The van der Waals surface area contributed by atoms with Crippen LogP contribution < -0.4 is 5.32 Å². The topological polar surface area (TPSA) is 72.0 Å². The van der Waals surface area contributed by atoms with Gasteiger partial charge in [-0.15, -0.1) is 0 Å². The van der Waals surface area contributed by atoms with Gasteiger partial charge in [-0.1, -0.05) is 20.8 Å². The molecule has 0 spiro atoms. The Morgan fingerprint density at radius 1 is 1.39 bits per heavy atom. The van der Waals surface area contributed by atoms with Crippen molar-refractivity contribution in [3.63, 3.8) is 0 Å². The molecule has 1 atom stereocenters. The van der Waals surface area contributed by atoms with Crippen LogP contribution in [0.3, 0.4) is 0 Å². The molecular weight excluding hydrogens is 270 g/mol. The molecule has 0 bridgehead atoms. The standard InChI is InChI=1S/C11H19N3O2S2/c1-11(2,3)9-13-10(17-14-9)12-8-5-4-6-18(15,16)7-8/h8H,4-7H2,1-3H3,(H,12,13,14). The minimum atomic E-state index is -2.88. The Hall–Kier alpha value is -0.690. The lowest BCUT2D eigenvalue weighted by Gasteiger charge is -2.22. The molecule has 1 fully saturated rings. The van der Waals surface area contributed by atoms with Gasteiger partial charge in [-0.2, -0.15) is 4.37 Å². The maximum Gasteiger partial charge on any atom is 0.202 e. The highest BCUT2D eigenvalue weighted by Crippen LogP contribution is 2.24. The highest BCUT2D eigenvalue weighted by Gasteiger charge is 2.26. The van der Waals surface area contributed by atoms with E-state index in [0.29, 0.717) is 5.75 Å². The fourth-order valence-corrected chi connectivity index (χ4v) is 4.37. The second kappa shape index (κ2) is 4.77. The van der Waals surface area contributed by atoms with Gasteiger partial charge in [0.25, 0.3) is 0 Å². The Labute approximate surface area is 112 Å². The molecule has 18 heavy (non-hydrogen) atoms. The summed E-state index contributed by atoms with van der Waals surface area (Å²) >= 11 is 1.30. The molecule has 1 aromatic rings. The summed E-state index contributed by atoms with van der Waals surface area (Å²) in [5, 5.41) is 3.92. The minimum Gasteiger partial charge on any atom is -0.357 e. The van der Waals surface area contributed by atoms with Crippen LogP contribution in [0.5, 0.6) is 0 Å². The Balaban J connectivity index is 2.04. The molecule has 2 rings (SSSR count). The quantitative estimate of drug-likeness (QED) is 0.899. The van der Waals surface area contributed by atoms with Crippen LogP contribution in [0.1, 0.15) is 39.4 Å². The number of nitrogens with one attached hydrogen (secondary N) is 1. The van der Waals surface area contributed by atoms with E-state index < -0.39 is 9.84 Å². The molecule has 1 aliphatic rings. The third kappa shape index (κ3) is 3.41. The molecule has 1 saturated heterocycles. The van der Waals surface area contributed by atoms with Crippen LogP contribution in [0.25, 0.3) is 0 Å². The van der Waals surface area contributed by atoms with Crippen molar-refractivity contribution in [1.82, 2.24) is 9.36 Å². The zero-order valence-corrected chi connectivity index (χ0v) is 12.6. The smallest absolute Gasteiger partial charge is 0.202 e. The molecule has 0 amide bonds. The van der Waals surface area contributed by atoms with Gasteiger partial charge < -0.3 is 5.32 Å². The van der Waals surface area contributed by atoms with Crippen LogP contribution >= 0.6 is 11.5 Å². The fraction of sp³-hybridized carbons (Fsp3) is 0.818. The lowest BCUT2D eigenvalue weighted by molar-refractivity contribution is 0.552. The summed E-state index contributed by atoms with van der Waals surface area (Å²) in [6.45, 7) is 6.18.